The number of carbonyl (C=O) groups excluding carboxylic acids is 1. The topological polar surface area (TPSA) is 45.8 Å². The van der Waals surface area contributed by atoms with Gasteiger partial charge in [0.2, 0.25) is 0 Å². The first-order valence-corrected chi connectivity index (χ1v) is 5.36. The van der Waals surface area contributed by atoms with Gasteiger partial charge < -0.3 is 4.98 Å². The summed E-state index contributed by atoms with van der Waals surface area (Å²) < 4.78 is 0. The Morgan fingerprint density at radius 2 is 1.94 bits per heavy atom. The van der Waals surface area contributed by atoms with Crippen LogP contribution in [0.5, 0.6) is 0 Å². The molecule has 0 spiro atoms. The van der Waals surface area contributed by atoms with E-state index in [1.165, 1.54) is 0 Å². The lowest BCUT2D eigenvalue weighted by Gasteiger charge is -2.03. The first kappa shape index (κ1) is 9.78. The van der Waals surface area contributed by atoms with Crippen molar-refractivity contribution in [1.82, 2.24) is 9.97 Å². The molecule has 1 N–H and O–H groups in total. The fraction of sp³-hybridized carbons (Fsp3) is 0. The molecule has 0 atom stereocenters. The molecule has 1 aromatic carbocycles. The van der Waals surface area contributed by atoms with E-state index in [0.717, 1.165) is 28.3 Å². The lowest BCUT2D eigenvalue weighted by Crippen LogP contribution is -1.83. The van der Waals surface area contributed by atoms with Crippen LogP contribution in [0.2, 0.25) is 0 Å². The maximum Gasteiger partial charge on any atom is 0.152 e. The SMILES string of the molecule is O=Cc1c[nH]c2cccc(-c3ccncc3)c12. The number of aldehydes is 1. The highest BCUT2D eigenvalue weighted by Crippen LogP contribution is 2.29. The predicted molar refractivity (Wildman–Crippen MR) is 66.9 cm³/mol. The van der Waals surface area contributed by atoms with Crippen LogP contribution in [0, 0.1) is 0 Å². The third-order valence-corrected chi connectivity index (χ3v) is 2.85. The summed E-state index contributed by atoms with van der Waals surface area (Å²) in [5.41, 5.74) is 3.77. The molecule has 0 unspecified atom stereocenters. The van der Waals surface area contributed by atoms with Gasteiger partial charge in [0, 0.05) is 35.1 Å². The lowest BCUT2D eigenvalue weighted by atomic mass is 10.0. The van der Waals surface area contributed by atoms with Gasteiger partial charge in [-0.3, -0.25) is 9.78 Å². The number of carbonyl (C=O) groups is 1. The zero-order chi connectivity index (χ0) is 11.7. The number of nitrogens with zero attached hydrogens (tertiary/aromatic N) is 1. The van der Waals surface area contributed by atoms with Gasteiger partial charge in [0.05, 0.1) is 0 Å². The van der Waals surface area contributed by atoms with E-state index < -0.39 is 0 Å². The smallest absolute Gasteiger partial charge is 0.152 e. The van der Waals surface area contributed by atoms with E-state index in [0.29, 0.717) is 5.56 Å². The zero-order valence-corrected chi connectivity index (χ0v) is 9.05. The number of hydrogen-bond donors (Lipinski definition) is 1. The molecule has 0 amide bonds. The molecule has 3 heteroatoms. The summed E-state index contributed by atoms with van der Waals surface area (Å²) in [5, 5.41) is 0.966. The Kier molecular flexibility index (Phi) is 2.22. The van der Waals surface area contributed by atoms with Crippen molar-refractivity contribution < 1.29 is 4.79 Å². The van der Waals surface area contributed by atoms with Gasteiger partial charge in [0.1, 0.15) is 0 Å². The van der Waals surface area contributed by atoms with Crippen molar-refractivity contribution in [3.8, 4) is 11.1 Å². The highest BCUT2D eigenvalue weighted by atomic mass is 16.1. The van der Waals surface area contributed by atoms with Crippen molar-refractivity contribution in [2.45, 2.75) is 0 Å². The average molecular weight is 222 g/mol. The van der Waals surface area contributed by atoms with Crippen molar-refractivity contribution in [3.63, 3.8) is 0 Å². The van der Waals surface area contributed by atoms with Gasteiger partial charge >= 0.3 is 0 Å². The van der Waals surface area contributed by atoms with Crippen molar-refractivity contribution in [3.05, 3.63) is 54.5 Å². The highest BCUT2D eigenvalue weighted by Gasteiger charge is 2.08. The van der Waals surface area contributed by atoms with Crippen LogP contribution in [-0.4, -0.2) is 16.3 Å². The van der Waals surface area contributed by atoms with Gasteiger partial charge in [-0.15, -0.1) is 0 Å². The maximum absolute atomic E-state index is 11.0. The normalized spacial score (nSPS) is 10.6. The van der Waals surface area contributed by atoms with E-state index in [9.17, 15) is 4.79 Å². The van der Waals surface area contributed by atoms with E-state index >= 15 is 0 Å². The number of hydrogen-bond acceptors (Lipinski definition) is 2. The Morgan fingerprint density at radius 1 is 1.12 bits per heavy atom. The van der Waals surface area contributed by atoms with Gasteiger partial charge in [-0.1, -0.05) is 12.1 Å². The highest BCUT2D eigenvalue weighted by molar-refractivity contribution is 6.05. The van der Waals surface area contributed by atoms with E-state index in [4.69, 9.17) is 0 Å². The standard InChI is InChI=1S/C14H10N2O/c17-9-11-8-16-13-3-1-2-12(14(11)13)10-4-6-15-7-5-10/h1-9,16H. The third-order valence-electron chi connectivity index (χ3n) is 2.85. The number of benzene rings is 1. The molecule has 0 bridgehead atoms. The first-order valence-electron chi connectivity index (χ1n) is 5.36. The van der Waals surface area contributed by atoms with Gasteiger partial charge in [-0.2, -0.15) is 0 Å². The summed E-state index contributed by atoms with van der Waals surface area (Å²) in [4.78, 5) is 18.1. The molecule has 82 valence electrons. The van der Waals surface area contributed by atoms with E-state index in [2.05, 4.69) is 9.97 Å². The number of H-pyrrole nitrogens is 1. The second-order valence-corrected chi connectivity index (χ2v) is 3.83. The maximum atomic E-state index is 11.0. The number of nitrogens with one attached hydrogen (secondary N) is 1. The molecule has 0 saturated carbocycles. The van der Waals surface area contributed by atoms with Crippen LogP contribution in [0.25, 0.3) is 22.0 Å². The van der Waals surface area contributed by atoms with Crippen molar-refractivity contribution >= 4 is 17.2 Å². The van der Waals surface area contributed by atoms with E-state index in [1.54, 1.807) is 18.6 Å². The summed E-state index contributed by atoms with van der Waals surface area (Å²) in [6, 6.07) is 9.83. The van der Waals surface area contributed by atoms with Gasteiger partial charge in [0.15, 0.2) is 6.29 Å². The zero-order valence-electron chi connectivity index (χ0n) is 9.05. The van der Waals surface area contributed by atoms with Crippen molar-refractivity contribution in [1.29, 1.82) is 0 Å². The summed E-state index contributed by atoms with van der Waals surface area (Å²) in [7, 11) is 0. The molecule has 0 saturated heterocycles. The summed E-state index contributed by atoms with van der Waals surface area (Å²) in [6.07, 6.45) is 6.12. The third kappa shape index (κ3) is 1.52. The van der Waals surface area contributed by atoms with Gasteiger partial charge in [-0.05, 0) is 29.3 Å². The summed E-state index contributed by atoms with van der Waals surface area (Å²) in [6.45, 7) is 0. The number of pyridine rings is 1. The fourth-order valence-corrected chi connectivity index (χ4v) is 2.08. The van der Waals surface area contributed by atoms with Crippen LogP contribution >= 0.6 is 0 Å². The van der Waals surface area contributed by atoms with Crippen LogP contribution in [0.4, 0.5) is 0 Å². The molecule has 0 aliphatic rings. The summed E-state index contributed by atoms with van der Waals surface area (Å²) in [5.74, 6) is 0. The fourth-order valence-electron chi connectivity index (χ4n) is 2.08. The predicted octanol–water partition coefficient (Wildman–Crippen LogP) is 3.04. The molecular formula is C14H10N2O. The van der Waals surface area contributed by atoms with Crippen molar-refractivity contribution in [2.24, 2.45) is 0 Å². The number of fused-ring (bicyclic) bond motifs is 1. The second kappa shape index (κ2) is 3.87. The number of rotatable bonds is 2. The Morgan fingerprint density at radius 3 is 2.71 bits per heavy atom. The average Bonchev–Trinajstić information content (AvgIpc) is 2.82. The van der Waals surface area contributed by atoms with E-state index in [1.807, 2.05) is 30.3 Å². The minimum atomic E-state index is 0.687. The van der Waals surface area contributed by atoms with Crippen molar-refractivity contribution in [2.75, 3.05) is 0 Å². The molecule has 3 rings (SSSR count). The number of aromatic nitrogens is 2. The minimum absolute atomic E-state index is 0.687. The van der Waals surface area contributed by atoms with Crippen LogP contribution in [0.3, 0.4) is 0 Å². The Labute approximate surface area is 98.1 Å². The van der Waals surface area contributed by atoms with Crippen LogP contribution in [-0.2, 0) is 0 Å². The molecule has 2 aromatic heterocycles. The quantitative estimate of drug-likeness (QED) is 0.677. The first-order chi connectivity index (χ1) is 8.40. The largest absolute Gasteiger partial charge is 0.360 e. The monoisotopic (exact) mass is 222 g/mol. The Bertz CT molecular complexity index is 671. The molecule has 17 heavy (non-hydrogen) atoms. The minimum Gasteiger partial charge on any atom is -0.360 e. The molecule has 2 heterocycles. The molecule has 0 radical (unpaired) electrons. The second-order valence-electron chi connectivity index (χ2n) is 3.83. The molecular weight excluding hydrogens is 212 g/mol. The Balaban J connectivity index is 2.36. The molecule has 3 aromatic rings. The van der Waals surface area contributed by atoms with E-state index in [-0.39, 0.29) is 0 Å². The Hall–Kier alpha value is -2.42. The molecule has 0 aliphatic heterocycles. The molecule has 0 aliphatic carbocycles. The van der Waals surface area contributed by atoms with Crippen LogP contribution in [0.15, 0.2) is 48.9 Å². The number of aromatic amines is 1. The van der Waals surface area contributed by atoms with Crippen LogP contribution < -0.4 is 0 Å². The van der Waals surface area contributed by atoms with Gasteiger partial charge in [-0.25, -0.2) is 0 Å². The lowest BCUT2D eigenvalue weighted by molar-refractivity contribution is 0.112. The summed E-state index contributed by atoms with van der Waals surface area (Å²) >= 11 is 0. The van der Waals surface area contributed by atoms with Crippen LogP contribution in [0.1, 0.15) is 10.4 Å². The molecule has 0 fully saturated rings. The molecule has 3 nitrogen and oxygen atoms in total. The van der Waals surface area contributed by atoms with Gasteiger partial charge in [0.25, 0.3) is 0 Å².